The highest BCUT2D eigenvalue weighted by atomic mass is 16.5. The summed E-state index contributed by atoms with van der Waals surface area (Å²) in [6.45, 7) is 0.842. The van der Waals surface area contributed by atoms with Crippen LogP contribution in [0.25, 0.3) is 0 Å². The van der Waals surface area contributed by atoms with Crippen molar-refractivity contribution in [3.63, 3.8) is 0 Å². The third kappa shape index (κ3) is 6.54. The van der Waals surface area contributed by atoms with E-state index in [-0.39, 0.29) is 18.2 Å². The molecule has 1 heterocycles. The molecule has 6 heteroatoms. The molecule has 0 spiro atoms. The Morgan fingerprint density at radius 2 is 1.54 bits per heavy atom. The topological polar surface area (TPSA) is 71.5 Å². The lowest BCUT2D eigenvalue weighted by Gasteiger charge is -2.23. The van der Waals surface area contributed by atoms with Crippen molar-refractivity contribution in [3.05, 3.63) is 126 Å². The minimum absolute atomic E-state index is 0.0722. The number of aromatic nitrogens is 1. The van der Waals surface area contributed by atoms with E-state index in [0.29, 0.717) is 18.7 Å². The number of hydrogen-bond donors (Lipinski definition) is 1. The molecule has 2 amide bonds. The summed E-state index contributed by atoms with van der Waals surface area (Å²) in [6.07, 6.45) is 3.69. The van der Waals surface area contributed by atoms with Crippen LogP contribution in [0.1, 0.15) is 27.0 Å². The summed E-state index contributed by atoms with van der Waals surface area (Å²) in [5.74, 6) is 0.598. The zero-order valence-corrected chi connectivity index (χ0v) is 19.6. The first-order valence-electron chi connectivity index (χ1n) is 11.4. The fraction of sp³-hybridized carbons (Fsp3) is 0.138. The molecule has 0 aliphatic carbocycles. The van der Waals surface area contributed by atoms with E-state index in [0.717, 1.165) is 28.1 Å². The monoisotopic (exact) mass is 465 g/mol. The van der Waals surface area contributed by atoms with E-state index in [4.69, 9.17) is 4.74 Å². The Balaban J connectivity index is 1.48. The van der Waals surface area contributed by atoms with Crippen LogP contribution in [0.15, 0.2) is 103 Å². The zero-order valence-electron chi connectivity index (χ0n) is 19.6. The van der Waals surface area contributed by atoms with Crippen LogP contribution in [-0.2, 0) is 24.3 Å². The molecule has 3 aromatic carbocycles. The lowest BCUT2D eigenvalue weighted by atomic mass is 10.1. The van der Waals surface area contributed by atoms with Gasteiger partial charge in [0, 0.05) is 30.2 Å². The molecular weight excluding hydrogens is 438 g/mol. The van der Waals surface area contributed by atoms with Crippen molar-refractivity contribution in [1.29, 1.82) is 0 Å². The van der Waals surface area contributed by atoms with Crippen molar-refractivity contribution < 1.29 is 14.3 Å². The summed E-state index contributed by atoms with van der Waals surface area (Å²) in [5.41, 5.74) is 4.17. The molecule has 6 nitrogen and oxygen atoms in total. The van der Waals surface area contributed by atoms with Crippen molar-refractivity contribution in [2.45, 2.75) is 19.5 Å². The summed E-state index contributed by atoms with van der Waals surface area (Å²) in [4.78, 5) is 31.6. The molecule has 0 fully saturated rings. The maximum Gasteiger partial charge on any atom is 0.258 e. The molecular formula is C29H27N3O3. The molecule has 176 valence electrons. The summed E-state index contributed by atoms with van der Waals surface area (Å²) in [6, 6.07) is 28.2. The third-order valence-electron chi connectivity index (χ3n) is 5.59. The van der Waals surface area contributed by atoms with Crippen molar-refractivity contribution in [3.8, 4) is 5.75 Å². The number of amides is 2. The quantitative estimate of drug-likeness (QED) is 0.386. The van der Waals surface area contributed by atoms with Crippen molar-refractivity contribution >= 4 is 17.5 Å². The normalized spacial score (nSPS) is 10.4. The van der Waals surface area contributed by atoms with Gasteiger partial charge in [-0.2, -0.15) is 0 Å². The molecule has 0 radical (unpaired) electrons. The molecule has 0 bridgehead atoms. The van der Waals surface area contributed by atoms with Gasteiger partial charge in [-0.05, 0) is 59.2 Å². The van der Waals surface area contributed by atoms with E-state index < -0.39 is 0 Å². The lowest BCUT2D eigenvalue weighted by molar-refractivity contribution is -0.120. The van der Waals surface area contributed by atoms with Gasteiger partial charge in [0.2, 0.25) is 5.91 Å². The number of methoxy groups -OCH3 is 1. The van der Waals surface area contributed by atoms with E-state index in [9.17, 15) is 9.59 Å². The van der Waals surface area contributed by atoms with Gasteiger partial charge in [-0.1, -0.05) is 48.5 Å². The van der Waals surface area contributed by atoms with Gasteiger partial charge in [-0.15, -0.1) is 0 Å². The number of hydrogen-bond acceptors (Lipinski definition) is 4. The van der Waals surface area contributed by atoms with Gasteiger partial charge in [0.1, 0.15) is 5.75 Å². The first-order valence-corrected chi connectivity index (χ1v) is 11.4. The van der Waals surface area contributed by atoms with E-state index in [1.165, 1.54) is 0 Å². The molecule has 4 aromatic rings. The minimum atomic E-state index is -0.0941. The average molecular weight is 466 g/mol. The number of rotatable bonds is 9. The molecule has 0 atom stereocenters. The predicted octanol–water partition coefficient (Wildman–Crippen LogP) is 4.80. The maximum absolute atomic E-state index is 13.4. The van der Waals surface area contributed by atoms with Gasteiger partial charge in [0.05, 0.1) is 20.1 Å². The first-order chi connectivity index (χ1) is 17.1. The predicted molar refractivity (Wildman–Crippen MR) is 136 cm³/mol. The Hall–Kier alpha value is -4.45. The van der Waals surface area contributed by atoms with Crippen LogP contribution >= 0.6 is 0 Å². The number of anilines is 1. The fourth-order valence-electron chi connectivity index (χ4n) is 3.68. The van der Waals surface area contributed by atoms with E-state index in [2.05, 4.69) is 10.3 Å². The zero-order chi connectivity index (χ0) is 24.5. The Kier molecular flexibility index (Phi) is 7.86. The highest BCUT2D eigenvalue weighted by Gasteiger charge is 2.18. The smallest absolute Gasteiger partial charge is 0.258 e. The highest BCUT2D eigenvalue weighted by molar-refractivity contribution is 6.06. The Labute approximate surface area is 205 Å². The van der Waals surface area contributed by atoms with Crippen LogP contribution in [0.4, 0.5) is 5.69 Å². The minimum Gasteiger partial charge on any atom is -0.497 e. The highest BCUT2D eigenvalue weighted by Crippen LogP contribution is 2.22. The van der Waals surface area contributed by atoms with Gasteiger partial charge in [-0.3, -0.25) is 14.6 Å². The SMILES string of the molecule is COc1ccc(CN(C(=O)c2ccccc2)c2ccc(CC(=O)NCc3cccnc3)cc2)cc1. The largest absolute Gasteiger partial charge is 0.497 e. The number of pyridine rings is 1. The number of nitrogens with one attached hydrogen (secondary N) is 1. The molecule has 4 rings (SSSR count). The molecule has 1 N–H and O–H groups in total. The summed E-state index contributed by atoms with van der Waals surface area (Å²) in [7, 11) is 1.63. The molecule has 1 aromatic heterocycles. The van der Waals surface area contributed by atoms with Crippen molar-refractivity contribution in [2.24, 2.45) is 0 Å². The average Bonchev–Trinajstić information content (AvgIpc) is 2.92. The fourth-order valence-corrected chi connectivity index (χ4v) is 3.68. The van der Waals surface area contributed by atoms with Crippen LogP contribution in [-0.4, -0.2) is 23.9 Å². The van der Waals surface area contributed by atoms with Crippen molar-refractivity contribution in [2.75, 3.05) is 12.0 Å². The molecule has 0 saturated carbocycles. The maximum atomic E-state index is 13.4. The van der Waals surface area contributed by atoms with Crippen LogP contribution < -0.4 is 15.0 Å². The Morgan fingerprint density at radius 1 is 0.829 bits per heavy atom. The van der Waals surface area contributed by atoms with Gasteiger partial charge in [-0.25, -0.2) is 0 Å². The standard InChI is InChI=1S/C29H27N3O3/c1-35-27-15-11-23(12-16-27)21-32(29(34)25-7-3-2-4-8-25)26-13-9-22(10-14-26)18-28(33)31-20-24-6-5-17-30-19-24/h2-17,19H,18,20-21H2,1H3,(H,31,33). The third-order valence-corrected chi connectivity index (χ3v) is 5.59. The number of nitrogens with zero attached hydrogens (tertiary/aromatic N) is 2. The van der Waals surface area contributed by atoms with Crippen molar-refractivity contribution in [1.82, 2.24) is 10.3 Å². The molecule has 0 saturated heterocycles. The number of benzene rings is 3. The van der Waals surface area contributed by atoms with Gasteiger partial charge < -0.3 is 15.0 Å². The van der Waals surface area contributed by atoms with Gasteiger partial charge in [0.25, 0.3) is 5.91 Å². The number of ether oxygens (including phenoxy) is 1. The van der Waals surface area contributed by atoms with E-state index >= 15 is 0 Å². The number of carbonyl (C=O) groups is 2. The van der Waals surface area contributed by atoms with Gasteiger partial charge in [0.15, 0.2) is 0 Å². The molecule has 0 aliphatic heterocycles. The van der Waals surface area contributed by atoms with Crippen LogP contribution in [0.3, 0.4) is 0 Å². The second-order valence-corrected chi connectivity index (χ2v) is 8.09. The van der Waals surface area contributed by atoms with Crippen LogP contribution in [0.5, 0.6) is 5.75 Å². The molecule has 0 unspecified atom stereocenters. The van der Waals surface area contributed by atoms with Crippen LogP contribution in [0.2, 0.25) is 0 Å². The van der Waals surface area contributed by atoms with Gasteiger partial charge >= 0.3 is 0 Å². The van der Waals surface area contributed by atoms with E-state index in [1.807, 2.05) is 91.0 Å². The molecule has 35 heavy (non-hydrogen) atoms. The van der Waals surface area contributed by atoms with E-state index in [1.54, 1.807) is 24.4 Å². The summed E-state index contributed by atoms with van der Waals surface area (Å²) in [5, 5.41) is 2.91. The van der Waals surface area contributed by atoms with Crippen LogP contribution in [0, 0.1) is 0 Å². The molecule has 0 aliphatic rings. The second kappa shape index (κ2) is 11.6. The lowest BCUT2D eigenvalue weighted by Crippen LogP contribution is -2.30. The summed E-state index contributed by atoms with van der Waals surface area (Å²) >= 11 is 0. The second-order valence-electron chi connectivity index (χ2n) is 8.09. The first kappa shape index (κ1) is 23.7. The number of carbonyl (C=O) groups excluding carboxylic acids is 2. The Morgan fingerprint density at radius 3 is 2.20 bits per heavy atom. The summed E-state index contributed by atoms with van der Waals surface area (Å²) < 4.78 is 5.25. The Bertz CT molecular complexity index is 1240.